The fraction of sp³-hybridized carbons (Fsp3) is 0.957. The second-order valence-corrected chi connectivity index (χ2v) is 10.9. The fourth-order valence-corrected chi connectivity index (χ4v) is 8.03. The molecule has 1 saturated heterocycles. The number of alkyl halides is 1. The maximum absolute atomic E-state index is 15.6. The van der Waals surface area contributed by atoms with Gasteiger partial charge in [0.25, 0.3) is 0 Å². The van der Waals surface area contributed by atoms with Crippen molar-refractivity contribution >= 4 is 5.71 Å². The summed E-state index contributed by atoms with van der Waals surface area (Å²) >= 11 is 0. The molecule has 0 aromatic heterocycles. The van der Waals surface area contributed by atoms with Crippen LogP contribution in [-0.2, 0) is 4.84 Å². The highest BCUT2D eigenvalue weighted by atomic mass is 19.1. The average Bonchev–Trinajstić information content (AvgIpc) is 3.29. The summed E-state index contributed by atoms with van der Waals surface area (Å²) in [4.78, 5) is 5.67. The minimum absolute atomic E-state index is 0.0745. The topological polar surface area (TPSA) is 53.8 Å². The van der Waals surface area contributed by atoms with Crippen LogP contribution in [0.4, 0.5) is 4.39 Å². The molecule has 0 radical (unpaired) electrons. The lowest BCUT2D eigenvalue weighted by Gasteiger charge is -2.60. The maximum atomic E-state index is 15.6. The van der Waals surface area contributed by atoms with Crippen LogP contribution in [-0.4, -0.2) is 42.3 Å². The number of aliphatic hydroxyl groups is 1. The number of hydrogen-bond acceptors (Lipinski definition) is 4. The molecule has 0 aromatic carbocycles. The summed E-state index contributed by atoms with van der Waals surface area (Å²) in [6, 6.07) is 0. The molecular weight excluding hydrogens is 355 g/mol. The van der Waals surface area contributed by atoms with Crippen molar-refractivity contribution in [1.82, 2.24) is 5.32 Å². The third kappa shape index (κ3) is 2.79. The quantitative estimate of drug-likeness (QED) is 0.697. The molecule has 0 aromatic rings. The van der Waals surface area contributed by atoms with E-state index in [1.165, 1.54) is 0 Å². The molecule has 2 N–H and O–H groups in total. The third-order valence-corrected chi connectivity index (χ3v) is 9.82. The summed E-state index contributed by atoms with van der Waals surface area (Å²) in [5, 5.41) is 18.2. The van der Waals surface area contributed by atoms with Gasteiger partial charge < -0.3 is 15.3 Å². The first-order valence-corrected chi connectivity index (χ1v) is 11.7. The van der Waals surface area contributed by atoms with Gasteiger partial charge in [-0.15, -0.1) is 0 Å². The van der Waals surface area contributed by atoms with E-state index in [-0.39, 0.29) is 29.0 Å². The first-order valence-electron chi connectivity index (χ1n) is 11.7. The van der Waals surface area contributed by atoms with Crippen molar-refractivity contribution in [1.29, 1.82) is 0 Å². The number of oxime groups is 1. The Labute approximate surface area is 168 Å². The molecule has 1 aliphatic heterocycles. The van der Waals surface area contributed by atoms with E-state index in [0.29, 0.717) is 23.5 Å². The van der Waals surface area contributed by atoms with Crippen LogP contribution in [0.25, 0.3) is 0 Å². The smallest absolute Gasteiger partial charge is 0.145 e. The molecule has 4 aliphatic carbocycles. The molecule has 4 nitrogen and oxygen atoms in total. The van der Waals surface area contributed by atoms with E-state index in [1.54, 1.807) is 0 Å². The van der Waals surface area contributed by atoms with Gasteiger partial charge in [-0.25, -0.2) is 4.39 Å². The van der Waals surface area contributed by atoms with Gasteiger partial charge in [0, 0.05) is 18.9 Å². The lowest BCUT2D eigenvalue weighted by atomic mass is 9.45. The van der Waals surface area contributed by atoms with Crippen LogP contribution >= 0.6 is 0 Å². The van der Waals surface area contributed by atoms with E-state index in [4.69, 9.17) is 4.84 Å². The number of nitrogens with one attached hydrogen (secondary N) is 1. The van der Waals surface area contributed by atoms with Gasteiger partial charge in [0.05, 0.1) is 11.8 Å². The summed E-state index contributed by atoms with van der Waals surface area (Å²) in [5.41, 5.74) is 0.833. The molecule has 1 heterocycles. The highest BCUT2D eigenvalue weighted by Gasteiger charge is 2.61. The van der Waals surface area contributed by atoms with Crippen molar-refractivity contribution in [2.75, 3.05) is 13.1 Å². The maximum Gasteiger partial charge on any atom is 0.145 e. The molecule has 158 valence electrons. The SMILES string of the molecule is C[C@]12CC[C@H]3[C@@H](CCC4[C@H](F)/C(=N/O[C@H]5CCNC5)CC[C@@]43C)[C@@H]1CC[C@@H]2O. The van der Waals surface area contributed by atoms with Gasteiger partial charge in [-0.05, 0) is 86.5 Å². The Balaban J connectivity index is 1.33. The Morgan fingerprint density at radius 2 is 1.79 bits per heavy atom. The lowest BCUT2D eigenvalue weighted by Crippen LogP contribution is -2.57. The van der Waals surface area contributed by atoms with Crippen LogP contribution in [0.5, 0.6) is 0 Å². The molecule has 0 bridgehead atoms. The number of aliphatic hydroxyl groups excluding tert-OH is 1. The minimum atomic E-state index is -0.948. The number of fused-ring (bicyclic) bond motifs is 5. The third-order valence-electron chi connectivity index (χ3n) is 9.82. The van der Waals surface area contributed by atoms with Gasteiger partial charge in [0.1, 0.15) is 12.3 Å². The van der Waals surface area contributed by atoms with Crippen molar-refractivity contribution in [3.05, 3.63) is 0 Å². The zero-order valence-corrected chi connectivity index (χ0v) is 17.5. The van der Waals surface area contributed by atoms with E-state index in [2.05, 4.69) is 24.3 Å². The molecule has 9 atom stereocenters. The highest BCUT2D eigenvalue weighted by molar-refractivity contribution is 5.89. The summed E-state index contributed by atoms with van der Waals surface area (Å²) in [6.45, 7) is 6.48. The molecule has 5 aliphatic rings. The fourth-order valence-electron chi connectivity index (χ4n) is 8.03. The van der Waals surface area contributed by atoms with Crippen LogP contribution < -0.4 is 5.32 Å². The Morgan fingerprint density at radius 1 is 1.00 bits per heavy atom. The van der Waals surface area contributed by atoms with E-state index >= 15 is 4.39 Å². The number of nitrogens with zero attached hydrogens (tertiary/aromatic N) is 1. The second kappa shape index (κ2) is 6.94. The number of rotatable bonds is 2. The van der Waals surface area contributed by atoms with Crippen molar-refractivity contribution in [3.8, 4) is 0 Å². The van der Waals surface area contributed by atoms with E-state index in [1.807, 2.05) is 0 Å². The van der Waals surface area contributed by atoms with Crippen molar-refractivity contribution in [2.45, 2.75) is 90.0 Å². The first kappa shape index (κ1) is 19.3. The molecule has 0 amide bonds. The molecule has 5 rings (SSSR count). The van der Waals surface area contributed by atoms with Crippen LogP contribution in [0.1, 0.15) is 71.6 Å². The van der Waals surface area contributed by atoms with E-state index in [0.717, 1.165) is 70.9 Å². The molecule has 4 saturated carbocycles. The van der Waals surface area contributed by atoms with Crippen LogP contribution in [0.2, 0.25) is 0 Å². The van der Waals surface area contributed by atoms with Gasteiger partial charge in [-0.3, -0.25) is 0 Å². The van der Waals surface area contributed by atoms with E-state index in [9.17, 15) is 5.11 Å². The van der Waals surface area contributed by atoms with Crippen molar-refractivity contribution < 1.29 is 14.3 Å². The molecule has 0 spiro atoms. The summed E-state index contributed by atoms with van der Waals surface area (Å²) in [6.07, 6.45) is 8.24. The van der Waals surface area contributed by atoms with Crippen molar-refractivity contribution in [3.63, 3.8) is 0 Å². The monoisotopic (exact) mass is 392 g/mol. The second-order valence-electron chi connectivity index (χ2n) is 10.9. The molecular formula is C23H37FN2O2. The zero-order chi connectivity index (χ0) is 19.5. The summed E-state index contributed by atoms with van der Waals surface area (Å²) in [7, 11) is 0. The average molecular weight is 393 g/mol. The van der Waals surface area contributed by atoms with Gasteiger partial charge >= 0.3 is 0 Å². The first-order chi connectivity index (χ1) is 13.4. The van der Waals surface area contributed by atoms with Crippen molar-refractivity contribution in [2.24, 2.45) is 39.7 Å². The number of halogens is 1. The van der Waals surface area contributed by atoms with Crippen LogP contribution in [0.15, 0.2) is 5.16 Å². The highest BCUT2D eigenvalue weighted by Crippen LogP contribution is 2.66. The normalized spacial score (nSPS) is 54.9. The summed E-state index contributed by atoms with van der Waals surface area (Å²) in [5.74, 6) is 1.99. The van der Waals surface area contributed by atoms with Crippen LogP contribution in [0.3, 0.4) is 0 Å². The predicted octanol–water partition coefficient (Wildman–Crippen LogP) is 4.07. The standard InChI is InChI=1S/C23H37FN2O2/c1-22-11-8-19(26-28-14-9-12-25-13-14)21(24)18(22)4-3-15-16-5-6-20(27)23(16,2)10-7-17(15)22/h14-18,20-21,25,27H,3-13H2,1-2H3/b26-19+/t14-,15-,16-,17-,18?,20-,21-,22+,23-/m0/s1. The van der Waals surface area contributed by atoms with Gasteiger partial charge in [-0.1, -0.05) is 19.0 Å². The van der Waals surface area contributed by atoms with Gasteiger partial charge in [0.2, 0.25) is 0 Å². The molecule has 5 fully saturated rings. The van der Waals surface area contributed by atoms with Gasteiger partial charge in [-0.2, -0.15) is 0 Å². The Hall–Kier alpha value is -0.680. The Morgan fingerprint density at radius 3 is 2.57 bits per heavy atom. The molecule has 5 heteroatoms. The minimum Gasteiger partial charge on any atom is -0.393 e. The Bertz CT molecular complexity index is 636. The van der Waals surface area contributed by atoms with Gasteiger partial charge in [0.15, 0.2) is 0 Å². The number of hydrogen-bond donors (Lipinski definition) is 2. The summed E-state index contributed by atoms with van der Waals surface area (Å²) < 4.78 is 15.6. The van der Waals surface area contributed by atoms with E-state index < -0.39 is 6.17 Å². The lowest BCUT2D eigenvalue weighted by molar-refractivity contribution is -0.123. The largest absolute Gasteiger partial charge is 0.393 e. The molecule has 1 unspecified atom stereocenters. The van der Waals surface area contributed by atoms with Crippen LogP contribution in [0, 0.1) is 34.5 Å². The predicted molar refractivity (Wildman–Crippen MR) is 108 cm³/mol. The Kier molecular flexibility index (Phi) is 4.78. The zero-order valence-electron chi connectivity index (χ0n) is 17.5. The molecule has 28 heavy (non-hydrogen) atoms.